The molecule has 2 aromatic rings. The van der Waals surface area contributed by atoms with Gasteiger partial charge in [-0.05, 0) is 36.6 Å². The molecule has 3 rings (SSSR count). The second-order valence-corrected chi connectivity index (χ2v) is 5.08. The zero-order chi connectivity index (χ0) is 14.1. The first-order valence-electron chi connectivity index (χ1n) is 6.74. The molecule has 5 nitrogen and oxygen atoms in total. The van der Waals surface area contributed by atoms with Gasteiger partial charge in [0.2, 0.25) is 0 Å². The number of carboxylic acids is 1. The molecule has 1 N–H and O–H groups in total. The summed E-state index contributed by atoms with van der Waals surface area (Å²) in [6, 6.07) is 7.52. The fraction of sp³-hybridized carbons (Fsp3) is 0.333. The molecule has 0 radical (unpaired) electrons. The van der Waals surface area contributed by atoms with Crippen molar-refractivity contribution in [3.8, 4) is 0 Å². The molecule has 5 heteroatoms. The molecule has 0 fully saturated rings. The van der Waals surface area contributed by atoms with Gasteiger partial charge in [0.1, 0.15) is 0 Å². The van der Waals surface area contributed by atoms with Gasteiger partial charge in [-0.2, -0.15) is 5.10 Å². The molecule has 1 aliphatic heterocycles. The maximum Gasteiger partial charge on any atom is 0.336 e. The van der Waals surface area contributed by atoms with Gasteiger partial charge in [0.15, 0.2) is 0 Å². The van der Waals surface area contributed by atoms with Crippen LogP contribution in [0.1, 0.15) is 28.0 Å². The van der Waals surface area contributed by atoms with Crippen molar-refractivity contribution in [1.29, 1.82) is 0 Å². The molecule has 0 aliphatic carbocycles. The van der Waals surface area contributed by atoms with E-state index < -0.39 is 5.97 Å². The number of aryl methyl sites for hydroxylation is 1. The van der Waals surface area contributed by atoms with Crippen LogP contribution in [0.4, 0.5) is 5.69 Å². The maximum absolute atomic E-state index is 11.3. The minimum absolute atomic E-state index is 0.428. The normalized spacial score (nSPS) is 14.2. The topological polar surface area (TPSA) is 58.4 Å². The van der Waals surface area contributed by atoms with Gasteiger partial charge in [-0.15, -0.1) is 0 Å². The largest absolute Gasteiger partial charge is 0.478 e. The molecule has 2 heterocycles. The predicted octanol–water partition coefficient (Wildman–Crippen LogP) is 2.07. The molecule has 1 aromatic carbocycles. The average molecular weight is 271 g/mol. The van der Waals surface area contributed by atoms with Crippen molar-refractivity contribution in [2.75, 3.05) is 11.4 Å². The van der Waals surface area contributed by atoms with Crippen LogP contribution >= 0.6 is 0 Å². The van der Waals surface area contributed by atoms with Crippen molar-refractivity contribution >= 4 is 11.7 Å². The number of benzene rings is 1. The van der Waals surface area contributed by atoms with E-state index in [1.807, 2.05) is 29.9 Å². The van der Waals surface area contributed by atoms with Crippen LogP contribution in [0.25, 0.3) is 0 Å². The number of hydrogen-bond donors (Lipinski definition) is 1. The van der Waals surface area contributed by atoms with Crippen LogP contribution in [0.5, 0.6) is 0 Å². The van der Waals surface area contributed by atoms with Gasteiger partial charge in [-0.3, -0.25) is 4.68 Å². The van der Waals surface area contributed by atoms with Crippen LogP contribution in [0, 0.1) is 0 Å². The van der Waals surface area contributed by atoms with E-state index in [1.165, 1.54) is 0 Å². The van der Waals surface area contributed by atoms with Gasteiger partial charge in [-0.1, -0.05) is 6.07 Å². The third-order valence-electron chi connectivity index (χ3n) is 3.85. The Bertz CT molecular complexity index is 648. The Balaban J connectivity index is 1.96. The van der Waals surface area contributed by atoms with Crippen molar-refractivity contribution in [1.82, 2.24) is 9.78 Å². The lowest BCUT2D eigenvalue weighted by atomic mass is 9.96. The van der Waals surface area contributed by atoms with Crippen LogP contribution in [0.15, 0.2) is 30.5 Å². The summed E-state index contributed by atoms with van der Waals surface area (Å²) in [5.41, 5.74) is 3.54. The minimum atomic E-state index is -0.843. The highest BCUT2D eigenvalue weighted by molar-refractivity contribution is 5.91. The molecular formula is C15H17N3O2. The zero-order valence-corrected chi connectivity index (χ0v) is 11.4. The maximum atomic E-state index is 11.3. The van der Waals surface area contributed by atoms with E-state index in [2.05, 4.69) is 10.00 Å². The molecule has 104 valence electrons. The number of aromatic carboxylic acids is 1. The summed E-state index contributed by atoms with van der Waals surface area (Å²) in [6.07, 6.45) is 3.60. The average Bonchev–Trinajstić information content (AvgIpc) is 2.84. The number of fused-ring (bicyclic) bond motifs is 1. The lowest BCUT2D eigenvalue weighted by Crippen LogP contribution is -2.30. The fourth-order valence-corrected chi connectivity index (χ4v) is 2.82. The molecule has 0 bridgehead atoms. The first-order chi connectivity index (χ1) is 9.66. The molecule has 0 unspecified atom stereocenters. The number of carboxylic acid groups (broad SMARTS) is 1. The Morgan fingerprint density at radius 2 is 2.25 bits per heavy atom. The molecule has 0 saturated heterocycles. The molecule has 0 spiro atoms. The monoisotopic (exact) mass is 271 g/mol. The second-order valence-electron chi connectivity index (χ2n) is 5.08. The van der Waals surface area contributed by atoms with Gasteiger partial charge in [0.05, 0.1) is 17.8 Å². The van der Waals surface area contributed by atoms with Gasteiger partial charge in [-0.25, -0.2) is 4.79 Å². The summed E-state index contributed by atoms with van der Waals surface area (Å²) >= 11 is 0. The molecular weight excluding hydrogens is 254 g/mol. The number of hydrogen-bond acceptors (Lipinski definition) is 3. The van der Waals surface area contributed by atoms with Crippen LogP contribution in [0.2, 0.25) is 0 Å². The Hall–Kier alpha value is -2.30. The van der Waals surface area contributed by atoms with Gasteiger partial charge >= 0.3 is 5.97 Å². The molecule has 20 heavy (non-hydrogen) atoms. The summed E-state index contributed by atoms with van der Waals surface area (Å²) in [5.74, 6) is -0.843. The van der Waals surface area contributed by atoms with E-state index in [4.69, 9.17) is 0 Å². The number of nitrogens with zero attached hydrogens (tertiary/aromatic N) is 3. The van der Waals surface area contributed by atoms with Crippen molar-refractivity contribution < 1.29 is 9.90 Å². The third-order valence-corrected chi connectivity index (χ3v) is 3.85. The summed E-state index contributed by atoms with van der Waals surface area (Å²) in [4.78, 5) is 13.6. The van der Waals surface area contributed by atoms with Gasteiger partial charge in [0, 0.05) is 25.5 Å². The molecule has 0 atom stereocenters. The van der Waals surface area contributed by atoms with E-state index in [9.17, 15) is 9.90 Å². The van der Waals surface area contributed by atoms with E-state index in [1.54, 1.807) is 12.3 Å². The Labute approximate surface area is 117 Å². The van der Waals surface area contributed by atoms with E-state index in [0.717, 1.165) is 42.9 Å². The number of anilines is 1. The van der Waals surface area contributed by atoms with E-state index in [0.29, 0.717) is 5.56 Å². The smallest absolute Gasteiger partial charge is 0.336 e. The summed E-state index contributed by atoms with van der Waals surface area (Å²) in [5, 5.41) is 13.5. The van der Waals surface area contributed by atoms with E-state index >= 15 is 0 Å². The zero-order valence-electron chi connectivity index (χ0n) is 11.4. The quantitative estimate of drug-likeness (QED) is 0.928. The van der Waals surface area contributed by atoms with Gasteiger partial charge < -0.3 is 10.0 Å². The minimum Gasteiger partial charge on any atom is -0.478 e. The number of aromatic nitrogens is 2. The Morgan fingerprint density at radius 3 is 2.95 bits per heavy atom. The Morgan fingerprint density at radius 1 is 1.40 bits per heavy atom. The number of carbonyl (C=O) groups is 1. The standard InChI is InChI=1S/C15H17N3O2/c1-17-11(7-8-16-17)10-18-9-3-5-12-13(15(19)20)4-2-6-14(12)18/h2,4,6-8H,3,5,9-10H2,1H3,(H,19,20). The highest BCUT2D eigenvalue weighted by Gasteiger charge is 2.22. The van der Waals surface area contributed by atoms with Crippen LogP contribution in [-0.4, -0.2) is 27.4 Å². The second kappa shape index (κ2) is 5.00. The van der Waals surface area contributed by atoms with Crippen molar-refractivity contribution in [2.24, 2.45) is 7.05 Å². The highest BCUT2D eigenvalue weighted by atomic mass is 16.4. The summed E-state index contributed by atoms with van der Waals surface area (Å²) in [6.45, 7) is 1.70. The van der Waals surface area contributed by atoms with E-state index in [-0.39, 0.29) is 0 Å². The highest BCUT2D eigenvalue weighted by Crippen LogP contribution is 2.30. The molecule has 0 amide bonds. The van der Waals surface area contributed by atoms with Crippen LogP contribution in [-0.2, 0) is 20.0 Å². The van der Waals surface area contributed by atoms with Crippen LogP contribution in [0.3, 0.4) is 0 Å². The predicted molar refractivity (Wildman–Crippen MR) is 76.0 cm³/mol. The first kappa shape index (κ1) is 12.7. The number of rotatable bonds is 3. The fourth-order valence-electron chi connectivity index (χ4n) is 2.82. The lowest BCUT2D eigenvalue weighted by molar-refractivity contribution is 0.0695. The lowest BCUT2D eigenvalue weighted by Gasteiger charge is -2.32. The van der Waals surface area contributed by atoms with Gasteiger partial charge in [0.25, 0.3) is 0 Å². The van der Waals surface area contributed by atoms with Crippen molar-refractivity contribution in [3.63, 3.8) is 0 Å². The Kier molecular flexibility index (Phi) is 3.18. The van der Waals surface area contributed by atoms with Crippen LogP contribution < -0.4 is 4.90 Å². The summed E-state index contributed by atoms with van der Waals surface area (Å²) < 4.78 is 1.86. The van der Waals surface area contributed by atoms with Crippen molar-refractivity contribution in [3.05, 3.63) is 47.3 Å². The molecule has 1 aromatic heterocycles. The third kappa shape index (κ3) is 2.15. The summed E-state index contributed by atoms with van der Waals surface area (Å²) in [7, 11) is 1.92. The van der Waals surface area contributed by atoms with Crippen molar-refractivity contribution in [2.45, 2.75) is 19.4 Å². The SMILES string of the molecule is Cn1nccc1CN1CCCc2c(C(=O)O)cccc21. The first-order valence-corrected chi connectivity index (χ1v) is 6.74. The molecule has 0 saturated carbocycles. The molecule has 1 aliphatic rings.